The summed E-state index contributed by atoms with van der Waals surface area (Å²) in [5, 5.41) is 13.0. The van der Waals surface area contributed by atoms with Gasteiger partial charge >= 0.3 is 12.0 Å². The van der Waals surface area contributed by atoms with Crippen molar-refractivity contribution in [2.45, 2.75) is 78.6 Å². The maximum absolute atomic E-state index is 13.6. The van der Waals surface area contributed by atoms with E-state index in [0.29, 0.717) is 50.5 Å². The zero-order chi connectivity index (χ0) is 29.7. The van der Waals surface area contributed by atoms with Gasteiger partial charge in [-0.15, -0.1) is 0 Å². The number of morpholine rings is 1. The molecular weight excluding hydrogens is 522 g/mol. The van der Waals surface area contributed by atoms with E-state index in [1.165, 1.54) is 4.90 Å². The molecule has 0 aliphatic carbocycles. The Kier molecular flexibility index (Phi) is 9.71. The summed E-state index contributed by atoms with van der Waals surface area (Å²) in [5.41, 5.74) is 2.10. The van der Waals surface area contributed by atoms with Crippen LogP contribution in [0.1, 0.15) is 92.5 Å². The van der Waals surface area contributed by atoms with Crippen LogP contribution in [-0.2, 0) is 9.53 Å². The third-order valence-corrected chi connectivity index (χ3v) is 8.73. The van der Waals surface area contributed by atoms with Crippen LogP contribution in [0.5, 0.6) is 5.75 Å². The maximum atomic E-state index is 13.6. The van der Waals surface area contributed by atoms with Crippen LogP contribution in [0.15, 0.2) is 42.5 Å². The van der Waals surface area contributed by atoms with Gasteiger partial charge in [0.1, 0.15) is 11.2 Å². The van der Waals surface area contributed by atoms with E-state index in [4.69, 9.17) is 9.47 Å². The molecule has 3 amide bonds. The van der Waals surface area contributed by atoms with Crippen molar-refractivity contribution in [2.75, 3.05) is 26.3 Å². The predicted molar refractivity (Wildman–Crippen MR) is 156 cm³/mol. The second kappa shape index (κ2) is 13.0. The molecule has 0 spiro atoms. The molecule has 3 atom stereocenters. The molecule has 0 bridgehead atoms. The summed E-state index contributed by atoms with van der Waals surface area (Å²) in [7, 11) is 0. The van der Waals surface area contributed by atoms with Gasteiger partial charge in [-0.25, -0.2) is 14.5 Å². The number of urea groups is 1. The van der Waals surface area contributed by atoms with E-state index in [-0.39, 0.29) is 23.6 Å². The Morgan fingerprint density at radius 3 is 2.34 bits per heavy atom. The van der Waals surface area contributed by atoms with Gasteiger partial charge < -0.3 is 19.9 Å². The Morgan fingerprint density at radius 1 is 1.10 bits per heavy atom. The third kappa shape index (κ3) is 6.11. The summed E-state index contributed by atoms with van der Waals surface area (Å²) in [6.07, 6.45) is 1.80. The van der Waals surface area contributed by atoms with E-state index < -0.39 is 23.6 Å². The van der Waals surface area contributed by atoms with Gasteiger partial charge in [-0.3, -0.25) is 9.69 Å². The van der Waals surface area contributed by atoms with Gasteiger partial charge in [-0.2, -0.15) is 0 Å². The number of aromatic carboxylic acids is 1. The van der Waals surface area contributed by atoms with E-state index in [0.717, 1.165) is 24.0 Å². The average Bonchev–Trinajstić information content (AvgIpc) is 2.98. The molecule has 0 aromatic heterocycles. The van der Waals surface area contributed by atoms with Crippen molar-refractivity contribution in [1.82, 2.24) is 15.1 Å². The third-order valence-electron chi connectivity index (χ3n) is 8.73. The van der Waals surface area contributed by atoms with E-state index in [9.17, 15) is 19.5 Å². The topological polar surface area (TPSA) is 108 Å². The fraction of sp³-hybridized carbons (Fsp3) is 0.531. The Bertz CT molecular complexity index is 1240. The lowest BCUT2D eigenvalue weighted by molar-refractivity contribution is -0.191. The molecule has 2 saturated heterocycles. The number of imide groups is 1. The molecule has 2 aromatic rings. The number of amides is 3. The molecule has 9 heteroatoms. The number of ether oxygens (including phenoxy) is 2. The maximum Gasteiger partial charge on any atom is 0.336 e. The Morgan fingerprint density at radius 2 is 1.76 bits per heavy atom. The van der Waals surface area contributed by atoms with Crippen LogP contribution in [0.3, 0.4) is 0 Å². The van der Waals surface area contributed by atoms with E-state index in [1.54, 1.807) is 18.2 Å². The highest BCUT2D eigenvalue weighted by atomic mass is 16.5. The standard InChI is InChI=1S/C32H43N3O6/c1-6-9-27(23-12-10-21(4)11-13-23)33-31(39)35-29(38)32(7-2,8-3)30(35)41-24-14-15-25(28(36)37)26(20-24)22(5)34-16-18-40-19-17-34/h10-15,20,22,27,30H,6-9,16-19H2,1-5H3,(H,33,39)(H,36,37)/t22-,27?,30-/m0/s1. The highest BCUT2D eigenvalue weighted by molar-refractivity contribution is 6.03. The van der Waals surface area contributed by atoms with Gasteiger partial charge in [0, 0.05) is 19.1 Å². The van der Waals surface area contributed by atoms with Gasteiger partial charge in [-0.05, 0) is 62.4 Å². The van der Waals surface area contributed by atoms with Crippen LogP contribution >= 0.6 is 0 Å². The lowest BCUT2D eigenvalue weighted by atomic mass is 9.72. The number of hydrogen-bond acceptors (Lipinski definition) is 6. The summed E-state index contributed by atoms with van der Waals surface area (Å²) in [6.45, 7) is 12.5. The number of carbonyl (C=O) groups excluding carboxylic acids is 2. The Labute approximate surface area is 242 Å². The van der Waals surface area contributed by atoms with Crippen LogP contribution in [0, 0.1) is 12.3 Å². The molecule has 1 unspecified atom stereocenters. The molecule has 0 saturated carbocycles. The molecule has 2 aliphatic heterocycles. The fourth-order valence-corrected chi connectivity index (χ4v) is 5.97. The van der Waals surface area contributed by atoms with Gasteiger partial charge in [0.15, 0.2) is 6.23 Å². The highest BCUT2D eigenvalue weighted by Gasteiger charge is 2.63. The molecule has 9 nitrogen and oxygen atoms in total. The normalized spacial score (nSPS) is 20.2. The van der Waals surface area contributed by atoms with Gasteiger partial charge in [-0.1, -0.05) is 57.0 Å². The monoisotopic (exact) mass is 565 g/mol. The second-order valence-electron chi connectivity index (χ2n) is 11.1. The number of hydrogen-bond donors (Lipinski definition) is 2. The molecular formula is C32H43N3O6. The minimum Gasteiger partial charge on any atom is -0.478 e. The smallest absolute Gasteiger partial charge is 0.336 e. The highest BCUT2D eigenvalue weighted by Crippen LogP contribution is 2.46. The van der Waals surface area contributed by atoms with Crippen LogP contribution in [0.2, 0.25) is 0 Å². The van der Waals surface area contributed by atoms with Crippen molar-refractivity contribution in [3.05, 3.63) is 64.7 Å². The Balaban J connectivity index is 1.62. The van der Waals surface area contributed by atoms with Gasteiger partial charge in [0.05, 0.1) is 24.8 Å². The minimum atomic E-state index is -1.01. The number of carbonyl (C=O) groups is 3. The molecule has 4 rings (SSSR count). The van der Waals surface area contributed by atoms with Crippen molar-refractivity contribution in [2.24, 2.45) is 5.41 Å². The lowest BCUT2D eigenvalue weighted by Gasteiger charge is -2.53. The SMILES string of the molecule is CCCC(NC(=O)N1C(=O)C(CC)(CC)[C@@H]1Oc1ccc(C(=O)O)c([C@H](C)N2CCOCC2)c1)c1ccc(C)cc1. The number of benzene rings is 2. The first-order valence-corrected chi connectivity index (χ1v) is 14.7. The van der Waals surface area contributed by atoms with Crippen LogP contribution < -0.4 is 10.1 Å². The number of carboxylic acid groups (broad SMARTS) is 1. The first-order chi connectivity index (χ1) is 19.7. The van der Waals surface area contributed by atoms with E-state index >= 15 is 0 Å². The predicted octanol–water partition coefficient (Wildman–Crippen LogP) is 5.69. The molecule has 2 fully saturated rings. The zero-order valence-electron chi connectivity index (χ0n) is 24.8. The van der Waals surface area contributed by atoms with Gasteiger partial charge in [0.2, 0.25) is 5.91 Å². The fourth-order valence-electron chi connectivity index (χ4n) is 5.97. The van der Waals surface area contributed by atoms with E-state index in [2.05, 4.69) is 17.1 Å². The minimum absolute atomic E-state index is 0.178. The molecule has 41 heavy (non-hydrogen) atoms. The second-order valence-corrected chi connectivity index (χ2v) is 11.1. The molecule has 222 valence electrons. The molecule has 2 N–H and O–H groups in total. The molecule has 2 aromatic carbocycles. The van der Waals surface area contributed by atoms with Crippen molar-refractivity contribution >= 4 is 17.9 Å². The van der Waals surface area contributed by atoms with E-state index in [1.807, 2.05) is 52.0 Å². The van der Waals surface area contributed by atoms with Crippen LogP contribution in [-0.4, -0.2) is 65.3 Å². The summed E-state index contributed by atoms with van der Waals surface area (Å²) in [6, 6.07) is 12.0. The molecule has 2 aliphatic rings. The number of nitrogens with one attached hydrogen (secondary N) is 1. The number of nitrogens with zero attached hydrogens (tertiary/aromatic N) is 2. The lowest BCUT2D eigenvalue weighted by Crippen LogP contribution is -2.73. The number of likely N-dealkylation sites (tertiary alicyclic amines) is 1. The summed E-state index contributed by atoms with van der Waals surface area (Å²) in [5.74, 6) is -0.843. The average molecular weight is 566 g/mol. The number of aryl methyl sites for hydroxylation is 1. The van der Waals surface area contributed by atoms with Crippen LogP contribution in [0.4, 0.5) is 4.79 Å². The first-order valence-electron chi connectivity index (χ1n) is 14.7. The quantitative estimate of drug-likeness (QED) is 0.337. The van der Waals surface area contributed by atoms with Crippen LogP contribution in [0.25, 0.3) is 0 Å². The summed E-state index contributed by atoms with van der Waals surface area (Å²) >= 11 is 0. The molecule has 2 heterocycles. The number of β-lactam (4-membered cyclic amide) rings is 1. The summed E-state index contributed by atoms with van der Waals surface area (Å²) < 4.78 is 11.9. The van der Waals surface area contributed by atoms with Crippen molar-refractivity contribution in [3.63, 3.8) is 0 Å². The summed E-state index contributed by atoms with van der Waals surface area (Å²) in [4.78, 5) is 42.6. The first kappa shape index (κ1) is 30.5. The van der Waals surface area contributed by atoms with Crippen molar-refractivity contribution < 1.29 is 29.0 Å². The number of carboxylic acids is 1. The zero-order valence-corrected chi connectivity index (χ0v) is 24.8. The number of rotatable bonds is 11. The van der Waals surface area contributed by atoms with Gasteiger partial charge in [0.25, 0.3) is 0 Å². The van der Waals surface area contributed by atoms with Crippen molar-refractivity contribution in [1.29, 1.82) is 0 Å². The Hall–Kier alpha value is -3.43. The molecule has 0 radical (unpaired) electrons. The largest absolute Gasteiger partial charge is 0.478 e. The van der Waals surface area contributed by atoms with Crippen molar-refractivity contribution in [3.8, 4) is 5.75 Å².